The summed E-state index contributed by atoms with van der Waals surface area (Å²) >= 11 is 0. The number of amides is 4. The van der Waals surface area contributed by atoms with Gasteiger partial charge in [0.15, 0.2) is 0 Å². The molecule has 17 heteroatoms. The SMILES string of the molecule is C=CC(=O)O[C@H](C)[C@H](NC(=O)OC(C)(C)C)C(=O)N1C[C@H](Oc2cc(-c3ccccc3)nc3cc(OCC)ccc23)C[C@H]1C(=O)N[C@]1(C(=O)NS(=O)(=O)C2CC2)C[C@H]1C=C. The Labute approximate surface area is 349 Å². The van der Waals surface area contributed by atoms with Crippen LogP contribution in [0.2, 0.25) is 0 Å². The van der Waals surface area contributed by atoms with Crippen LogP contribution in [0.25, 0.3) is 22.2 Å². The van der Waals surface area contributed by atoms with Crippen LogP contribution in [0.1, 0.15) is 60.3 Å². The minimum atomic E-state index is -3.97. The number of esters is 1. The first kappa shape index (κ1) is 43.6. The minimum absolute atomic E-state index is 0.0707. The first-order valence-electron chi connectivity index (χ1n) is 19.8. The van der Waals surface area contributed by atoms with Gasteiger partial charge in [0.2, 0.25) is 21.8 Å². The zero-order valence-corrected chi connectivity index (χ0v) is 35.1. The number of nitrogens with one attached hydrogen (secondary N) is 3. The average molecular weight is 846 g/mol. The molecule has 0 spiro atoms. The summed E-state index contributed by atoms with van der Waals surface area (Å²) in [4.78, 5) is 74.4. The second kappa shape index (κ2) is 17.3. The number of nitrogens with zero attached hydrogens (tertiary/aromatic N) is 2. The molecule has 3 aliphatic rings. The number of alkyl carbamates (subject to hydrolysis) is 1. The quantitative estimate of drug-likeness (QED) is 0.105. The molecule has 3 N–H and O–H groups in total. The van der Waals surface area contributed by atoms with Gasteiger partial charge in [-0.3, -0.25) is 19.1 Å². The van der Waals surface area contributed by atoms with E-state index in [0.29, 0.717) is 47.5 Å². The van der Waals surface area contributed by atoms with Crippen molar-refractivity contribution in [3.8, 4) is 22.8 Å². The summed E-state index contributed by atoms with van der Waals surface area (Å²) in [6, 6.07) is 13.7. The van der Waals surface area contributed by atoms with Crippen LogP contribution in [0.3, 0.4) is 0 Å². The van der Waals surface area contributed by atoms with Crippen molar-refractivity contribution in [3.63, 3.8) is 0 Å². The third-order valence-corrected chi connectivity index (χ3v) is 12.2. The predicted octanol–water partition coefficient (Wildman–Crippen LogP) is 4.33. The highest BCUT2D eigenvalue weighted by atomic mass is 32.2. The molecule has 2 heterocycles. The Balaban J connectivity index is 1.37. The maximum Gasteiger partial charge on any atom is 0.408 e. The third kappa shape index (κ3) is 9.89. The van der Waals surface area contributed by atoms with E-state index in [1.165, 1.54) is 17.9 Å². The van der Waals surface area contributed by atoms with Crippen molar-refractivity contribution in [1.82, 2.24) is 25.2 Å². The van der Waals surface area contributed by atoms with E-state index in [-0.39, 0.29) is 19.4 Å². The fourth-order valence-electron chi connectivity index (χ4n) is 7.15. The van der Waals surface area contributed by atoms with E-state index >= 15 is 0 Å². The molecule has 2 aliphatic carbocycles. The molecule has 320 valence electrons. The monoisotopic (exact) mass is 845 g/mol. The maximum atomic E-state index is 14.7. The predicted molar refractivity (Wildman–Crippen MR) is 221 cm³/mol. The van der Waals surface area contributed by atoms with Crippen LogP contribution in [0.15, 0.2) is 79.9 Å². The van der Waals surface area contributed by atoms with E-state index in [0.717, 1.165) is 11.6 Å². The van der Waals surface area contributed by atoms with Crippen molar-refractivity contribution < 1.29 is 51.3 Å². The van der Waals surface area contributed by atoms with Crippen molar-refractivity contribution in [2.24, 2.45) is 5.92 Å². The molecule has 1 aliphatic heterocycles. The van der Waals surface area contributed by atoms with Crippen LogP contribution >= 0.6 is 0 Å². The number of aromatic nitrogens is 1. The summed E-state index contributed by atoms with van der Waals surface area (Å²) in [5.41, 5.74) is -0.657. The van der Waals surface area contributed by atoms with Crippen molar-refractivity contribution >= 4 is 50.7 Å². The summed E-state index contributed by atoms with van der Waals surface area (Å²) < 4.78 is 51.0. The van der Waals surface area contributed by atoms with Gasteiger partial charge in [0.25, 0.3) is 5.91 Å². The van der Waals surface area contributed by atoms with Crippen molar-refractivity contribution in [2.75, 3.05) is 13.2 Å². The Morgan fingerprint density at radius 2 is 1.77 bits per heavy atom. The Hall–Kier alpha value is -5.97. The van der Waals surface area contributed by atoms with Crippen LogP contribution in [0.4, 0.5) is 4.79 Å². The number of hydrogen-bond acceptors (Lipinski definition) is 12. The summed E-state index contributed by atoms with van der Waals surface area (Å²) in [6.07, 6.45) is 0.0392. The van der Waals surface area contributed by atoms with E-state index in [1.807, 2.05) is 37.3 Å². The lowest BCUT2D eigenvalue weighted by Gasteiger charge is -2.32. The van der Waals surface area contributed by atoms with Gasteiger partial charge in [-0.05, 0) is 66.0 Å². The molecule has 3 fully saturated rings. The number of benzene rings is 2. The van der Waals surface area contributed by atoms with E-state index < -0.39 is 86.4 Å². The van der Waals surface area contributed by atoms with Gasteiger partial charge in [-0.1, -0.05) is 43.0 Å². The zero-order chi connectivity index (χ0) is 43.6. The minimum Gasteiger partial charge on any atom is -0.494 e. The molecule has 2 saturated carbocycles. The average Bonchev–Trinajstić information content (AvgIpc) is 4.13. The van der Waals surface area contributed by atoms with Gasteiger partial charge >= 0.3 is 12.1 Å². The van der Waals surface area contributed by atoms with E-state index in [4.69, 9.17) is 23.9 Å². The van der Waals surface area contributed by atoms with Gasteiger partial charge in [-0.2, -0.15) is 0 Å². The second-order valence-electron chi connectivity index (χ2n) is 16.1. The lowest BCUT2D eigenvalue weighted by Crippen LogP contribution is -2.60. The molecule has 6 atom stereocenters. The fraction of sp³-hybridized carbons (Fsp3) is 0.442. The van der Waals surface area contributed by atoms with Crippen molar-refractivity contribution in [2.45, 2.75) is 101 Å². The number of likely N-dealkylation sites (tertiary alicyclic amines) is 1. The van der Waals surface area contributed by atoms with Crippen LogP contribution in [0.5, 0.6) is 11.5 Å². The maximum absolute atomic E-state index is 14.7. The molecular formula is C43H51N5O11S. The van der Waals surface area contributed by atoms with Crippen LogP contribution in [-0.2, 0) is 38.7 Å². The smallest absolute Gasteiger partial charge is 0.408 e. The molecule has 16 nitrogen and oxygen atoms in total. The first-order chi connectivity index (χ1) is 28.4. The molecule has 3 aromatic rings. The van der Waals surface area contributed by atoms with E-state index in [1.54, 1.807) is 45.0 Å². The van der Waals surface area contributed by atoms with Crippen molar-refractivity contribution in [1.29, 1.82) is 0 Å². The van der Waals surface area contributed by atoms with Gasteiger partial charge in [0.05, 0.1) is 29.6 Å². The molecule has 0 radical (unpaired) electrons. The van der Waals surface area contributed by atoms with Crippen LogP contribution in [0, 0.1) is 5.92 Å². The molecule has 1 saturated heterocycles. The van der Waals surface area contributed by atoms with E-state index in [2.05, 4.69) is 28.5 Å². The van der Waals surface area contributed by atoms with Gasteiger partial charge < -0.3 is 34.5 Å². The van der Waals surface area contributed by atoms with E-state index in [9.17, 15) is 32.4 Å². The molecule has 1 aromatic heterocycles. The van der Waals surface area contributed by atoms with Gasteiger partial charge in [0, 0.05) is 41.5 Å². The topological polar surface area (TPSA) is 209 Å². The third-order valence-electron chi connectivity index (χ3n) is 10.4. The number of carbonyl (C=O) groups is 5. The van der Waals surface area contributed by atoms with Gasteiger partial charge in [-0.15, -0.1) is 6.58 Å². The largest absolute Gasteiger partial charge is 0.494 e. The number of fused-ring (bicyclic) bond motifs is 1. The number of rotatable bonds is 16. The highest BCUT2D eigenvalue weighted by molar-refractivity contribution is 7.91. The number of hydrogen-bond donors (Lipinski definition) is 3. The number of sulfonamides is 1. The Bertz CT molecular complexity index is 2290. The Morgan fingerprint density at radius 1 is 1.05 bits per heavy atom. The van der Waals surface area contributed by atoms with Crippen LogP contribution in [-0.4, -0.2) is 102 Å². The summed E-state index contributed by atoms with van der Waals surface area (Å²) in [7, 11) is -3.97. The highest BCUT2D eigenvalue weighted by Crippen LogP contribution is 2.45. The molecular weight excluding hydrogens is 795 g/mol. The second-order valence-corrected chi connectivity index (χ2v) is 18.1. The summed E-state index contributed by atoms with van der Waals surface area (Å²) in [5.74, 6) is -2.99. The molecule has 4 amide bonds. The number of carbonyl (C=O) groups excluding carboxylic acids is 5. The molecule has 0 bridgehead atoms. The normalized spacial score (nSPS) is 22.1. The first-order valence-corrected chi connectivity index (χ1v) is 21.4. The summed E-state index contributed by atoms with van der Waals surface area (Å²) in [6.45, 7) is 15.6. The lowest BCUT2D eigenvalue weighted by molar-refractivity contribution is -0.150. The van der Waals surface area contributed by atoms with Gasteiger partial charge in [-0.25, -0.2) is 23.0 Å². The van der Waals surface area contributed by atoms with Crippen LogP contribution < -0.4 is 24.8 Å². The standard InChI is InChI=1S/C43H51N5O11S/c1-8-27-23-43(27,40(52)47-60(54,55)30-17-18-30)46-38(50)34-21-29(24-48(34)39(51)37(25(4)57-36(49)9-2)45-41(53)59-42(5,6)7)58-35-22-32(26-14-12-11-13-15-26)44-33-20-28(56-10-3)16-19-31(33)35/h8-9,11-16,19-20,22,25,27,29-30,34,37H,1-2,10,17-18,21,23-24H2,3-7H3,(H,45,53)(H,46,50)(H,47,52)/t25-,27-,29-,34+,37+,43-/m1/s1. The molecule has 0 unspecified atom stereocenters. The number of pyridine rings is 1. The van der Waals surface area contributed by atoms with Crippen molar-refractivity contribution in [3.05, 3.63) is 79.9 Å². The summed E-state index contributed by atoms with van der Waals surface area (Å²) in [5, 5.41) is 5.18. The Kier molecular flexibility index (Phi) is 12.6. The molecule has 2 aromatic carbocycles. The van der Waals surface area contributed by atoms with Gasteiger partial charge in [0.1, 0.15) is 46.9 Å². The molecule has 60 heavy (non-hydrogen) atoms. The zero-order valence-electron chi connectivity index (χ0n) is 34.3. The lowest BCUT2D eigenvalue weighted by atomic mass is 10.1. The molecule has 6 rings (SSSR count). The number of ether oxygens (including phenoxy) is 4. The fourth-order valence-corrected chi connectivity index (χ4v) is 8.52. The highest BCUT2D eigenvalue weighted by Gasteiger charge is 2.62. The Morgan fingerprint density at radius 3 is 2.38 bits per heavy atom.